The number of aromatic amines is 1. The van der Waals surface area contributed by atoms with E-state index in [0.717, 1.165) is 22.8 Å². The summed E-state index contributed by atoms with van der Waals surface area (Å²) in [4.78, 5) is 11.8. The maximum atomic E-state index is 7.74. The Morgan fingerprint density at radius 2 is 2.03 bits per heavy atom. The van der Waals surface area contributed by atoms with Crippen LogP contribution < -0.4 is 15.8 Å². The normalized spacial score (nSPS) is 10.6. The number of nitrogen functional groups attached to an aromatic ring is 1. The Labute approximate surface area is 167 Å². The van der Waals surface area contributed by atoms with Crippen molar-refractivity contribution in [3.63, 3.8) is 0 Å². The van der Waals surface area contributed by atoms with Crippen LogP contribution in [0.25, 0.3) is 11.3 Å². The molecule has 29 heavy (non-hydrogen) atoms. The highest BCUT2D eigenvalue weighted by Gasteiger charge is 2.10. The highest BCUT2D eigenvalue weighted by atomic mass is 16.5. The third-order valence-corrected chi connectivity index (χ3v) is 4.28. The third-order valence-electron chi connectivity index (χ3n) is 4.28. The van der Waals surface area contributed by atoms with Crippen LogP contribution in [0.5, 0.6) is 5.75 Å². The molecular weight excluding hydrogens is 368 g/mol. The Morgan fingerprint density at radius 1 is 1.17 bits per heavy atom. The molecule has 4 aromatic rings. The van der Waals surface area contributed by atoms with Crippen LogP contribution in [-0.4, -0.2) is 20.8 Å². The zero-order valence-corrected chi connectivity index (χ0v) is 15.6. The maximum Gasteiger partial charge on any atom is 0.232 e. The number of ether oxygens (including phenoxy) is 1. The molecule has 0 fully saturated rings. The van der Waals surface area contributed by atoms with E-state index in [4.69, 9.17) is 20.3 Å². The number of anilines is 1. The molecule has 4 rings (SSSR count). The number of rotatable bonds is 8. The van der Waals surface area contributed by atoms with E-state index in [0.29, 0.717) is 23.7 Å². The average Bonchev–Trinajstić information content (AvgIpc) is 3.43. The zero-order chi connectivity index (χ0) is 20.1. The van der Waals surface area contributed by atoms with Crippen molar-refractivity contribution >= 4 is 11.5 Å². The van der Waals surface area contributed by atoms with Gasteiger partial charge in [0.2, 0.25) is 5.89 Å². The molecule has 5 N–H and O–H groups in total. The summed E-state index contributed by atoms with van der Waals surface area (Å²) in [5.74, 6) is 1.66. The molecule has 146 valence electrons. The van der Waals surface area contributed by atoms with Gasteiger partial charge >= 0.3 is 0 Å². The minimum Gasteiger partial charge on any atom is -0.483 e. The standard InChI is InChI=1S/C21H20N6O2/c22-21(23)16-7-6-15(10-18(16)29-13-20-24-8-9-28-20)25-12-19-26-11-17(27-19)14-4-2-1-3-5-14/h1-11,25H,12-13H2,(H3,22,23)(H,26,27). The van der Waals surface area contributed by atoms with Crippen molar-refractivity contribution in [1.29, 1.82) is 5.41 Å². The monoisotopic (exact) mass is 388 g/mol. The molecule has 0 aliphatic carbocycles. The molecule has 0 atom stereocenters. The largest absolute Gasteiger partial charge is 0.483 e. The molecule has 0 radical (unpaired) electrons. The smallest absolute Gasteiger partial charge is 0.232 e. The molecule has 0 bridgehead atoms. The molecule has 0 aliphatic rings. The van der Waals surface area contributed by atoms with Crippen molar-refractivity contribution in [1.82, 2.24) is 15.0 Å². The van der Waals surface area contributed by atoms with Crippen molar-refractivity contribution in [2.45, 2.75) is 13.2 Å². The van der Waals surface area contributed by atoms with Gasteiger partial charge in [-0.2, -0.15) is 0 Å². The number of nitrogens with one attached hydrogen (secondary N) is 3. The Morgan fingerprint density at radius 3 is 2.79 bits per heavy atom. The number of H-pyrrole nitrogens is 1. The number of benzene rings is 2. The molecule has 0 saturated carbocycles. The number of oxazole rings is 1. The van der Waals surface area contributed by atoms with Gasteiger partial charge in [0, 0.05) is 11.8 Å². The van der Waals surface area contributed by atoms with Crippen LogP contribution >= 0.6 is 0 Å². The van der Waals surface area contributed by atoms with Gasteiger partial charge in [-0.15, -0.1) is 0 Å². The number of imidazole rings is 1. The van der Waals surface area contributed by atoms with Gasteiger partial charge in [0.25, 0.3) is 0 Å². The van der Waals surface area contributed by atoms with E-state index in [1.54, 1.807) is 18.3 Å². The summed E-state index contributed by atoms with van der Waals surface area (Å²) in [6, 6.07) is 15.4. The maximum absolute atomic E-state index is 7.74. The number of nitrogens with zero attached hydrogens (tertiary/aromatic N) is 2. The highest BCUT2D eigenvalue weighted by molar-refractivity contribution is 5.98. The topological polar surface area (TPSA) is 126 Å². The summed E-state index contributed by atoms with van der Waals surface area (Å²) in [5, 5.41) is 11.0. The van der Waals surface area contributed by atoms with Gasteiger partial charge in [0.05, 0.1) is 30.2 Å². The number of hydrogen-bond donors (Lipinski definition) is 4. The van der Waals surface area contributed by atoms with Crippen LogP contribution in [0.4, 0.5) is 5.69 Å². The van der Waals surface area contributed by atoms with Crippen LogP contribution in [0.2, 0.25) is 0 Å². The summed E-state index contributed by atoms with van der Waals surface area (Å²) in [7, 11) is 0. The van der Waals surface area contributed by atoms with Crippen LogP contribution in [-0.2, 0) is 13.2 Å². The molecule has 2 heterocycles. The fraction of sp³-hybridized carbons (Fsp3) is 0.0952. The molecular formula is C21H20N6O2. The number of hydrogen-bond acceptors (Lipinski definition) is 6. The summed E-state index contributed by atoms with van der Waals surface area (Å²) >= 11 is 0. The molecule has 8 heteroatoms. The number of nitrogens with two attached hydrogens (primary N) is 1. The lowest BCUT2D eigenvalue weighted by atomic mass is 10.1. The molecule has 0 unspecified atom stereocenters. The summed E-state index contributed by atoms with van der Waals surface area (Å²) in [5.41, 5.74) is 9.03. The van der Waals surface area contributed by atoms with Crippen LogP contribution in [0.1, 0.15) is 17.3 Å². The minimum atomic E-state index is -0.0718. The first-order chi connectivity index (χ1) is 14.2. The zero-order valence-electron chi connectivity index (χ0n) is 15.6. The predicted molar refractivity (Wildman–Crippen MR) is 110 cm³/mol. The van der Waals surface area contributed by atoms with Gasteiger partial charge in [-0.25, -0.2) is 9.97 Å². The quantitative estimate of drug-likeness (QED) is 0.270. The van der Waals surface area contributed by atoms with E-state index < -0.39 is 0 Å². The van der Waals surface area contributed by atoms with Crippen LogP contribution in [0, 0.1) is 5.41 Å². The Kier molecular flexibility index (Phi) is 5.24. The van der Waals surface area contributed by atoms with Gasteiger partial charge in [0.1, 0.15) is 23.7 Å². The van der Waals surface area contributed by atoms with Crippen molar-refractivity contribution in [3.05, 3.63) is 84.5 Å². The third kappa shape index (κ3) is 4.44. The Hall–Kier alpha value is -4.07. The minimum absolute atomic E-state index is 0.0718. The molecule has 2 aromatic heterocycles. The lowest BCUT2D eigenvalue weighted by Gasteiger charge is -2.12. The second-order valence-electron chi connectivity index (χ2n) is 6.30. The number of aromatic nitrogens is 3. The molecule has 8 nitrogen and oxygen atoms in total. The highest BCUT2D eigenvalue weighted by Crippen LogP contribution is 2.25. The predicted octanol–water partition coefficient (Wildman–Crippen LogP) is 3.54. The van der Waals surface area contributed by atoms with E-state index in [-0.39, 0.29) is 12.4 Å². The van der Waals surface area contributed by atoms with E-state index in [1.165, 1.54) is 6.26 Å². The molecule has 0 aliphatic heterocycles. The molecule has 0 saturated heterocycles. The van der Waals surface area contributed by atoms with Gasteiger partial charge in [0.15, 0.2) is 6.61 Å². The second kappa shape index (κ2) is 8.30. The first kappa shape index (κ1) is 18.3. The fourth-order valence-electron chi connectivity index (χ4n) is 2.84. The van der Waals surface area contributed by atoms with Crippen molar-refractivity contribution in [2.75, 3.05) is 5.32 Å². The Balaban J connectivity index is 1.45. The van der Waals surface area contributed by atoms with E-state index in [9.17, 15) is 0 Å². The summed E-state index contributed by atoms with van der Waals surface area (Å²) < 4.78 is 10.9. The van der Waals surface area contributed by atoms with Gasteiger partial charge < -0.3 is 25.2 Å². The summed E-state index contributed by atoms with van der Waals surface area (Å²) in [6.45, 7) is 0.654. The molecule has 0 spiro atoms. The van der Waals surface area contributed by atoms with E-state index in [2.05, 4.69) is 20.3 Å². The van der Waals surface area contributed by atoms with Gasteiger partial charge in [-0.1, -0.05) is 30.3 Å². The summed E-state index contributed by atoms with van der Waals surface area (Å²) in [6.07, 6.45) is 4.85. The van der Waals surface area contributed by atoms with E-state index >= 15 is 0 Å². The first-order valence-electron chi connectivity index (χ1n) is 9.02. The van der Waals surface area contributed by atoms with Crippen molar-refractivity contribution < 1.29 is 9.15 Å². The second-order valence-corrected chi connectivity index (χ2v) is 6.30. The lowest BCUT2D eigenvalue weighted by Crippen LogP contribution is -2.13. The van der Waals surface area contributed by atoms with Crippen molar-refractivity contribution in [3.8, 4) is 17.0 Å². The molecule has 2 aromatic carbocycles. The number of amidine groups is 1. The van der Waals surface area contributed by atoms with Crippen LogP contribution in [0.3, 0.4) is 0 Å². The van der Waals surface area contributed by atoms with Gasteiger partial charge in [-0.05, 0) is 17.7 Å². The van der Waals surface area contributed by atoms with Gasteiger partial charge in [-0.3, -0.25) is 5.41 Å². The Bertz CT molecular complexity index is 1090. The van der Waals surface area contributed by atoms with Crippen LogP contribution in [0.15, 0.2) is 71.6 Å². The molecule has 0 amide bonds. The lowest BCUT2D eigenvalue weighted by molar-refractivity contribution is 0.262. The average molecular weight is 388 g/mol. The first-order valence-corrected chi connectivity index (χ1v) is 9.02. The van der Waals surface area contributed by atoms with Crippen molar-refractivity contribution in [2.24, 2.45) is 5.73 Å². The van der Waals surface area contributed by atoms with E-state index in [1.807, 2.05) is 42.6 Å². The fourth-order valence-corrected chi connectivity index (χ4v) is 2.84. The SMILES string of the molecule is N=C(N)c1ccc(NCc2ncc(-c3ccccc3)[nH]2)cc1OCc1ncco1.